The Kier molecular flexibility index (Phi) is 6.40. The van der Waals surface area contributed by atoms with Crippen LogP contribution in [-0.2, 0) is 0 Å². The number of nitroso groups, excluding NO2 is 6. The first-order valence-corrected chi connectivity index (χ1v) is 12.3. The van der Waals surface area contributed by atoms with E-state index in [0.717, 1.165) is 0 Å². The molecule has 0 N–H and O–H groups in total. The summed E-state index contributed by atoms with van der Waals surface area (Å²) in [5, 5.41) is 21.0. The summed E-state index contributed by atoms with van der Waals surface area (Å²) < 4.78 is 0. The molecule has 0 bridgehead atoms. The molecule has 0 aliphatic heterocycles. The molecule has 42 heavy (non-hydrogen) atoms. The van der Waals surface area contributed by atoms with Gasteiger partial charge in [0.25, 0.3) is 0 Å². The third-order valence-corrected chi connectivity index (χ3v) is 7.23. The molecular weight excluding hydrogens is 540 g/mol. The Balaban J connectivity index is 1.71. The van der Waals surface area contributed by atoms with Crippen molar-refractivity contribution in [2.75, 3.05) is 0 Å². The summed E-state index contributed by atoms with van der Waals surface area (Å²) in [5.41, 5.74) is 0.174. The maximum atomic E-state index is 12.4. The standard InChI is InChI=1S/C30H14N6O6/c37-31-16-12-22(15-9-10-21-23(11-15)29(35-41)20-8-4-3-7-19(20)27(21)33-39)30(36-42)24(13-16)25-14-26(32-38)17-5-1-2-6-18(17)28(25)34-40/h1-14H. The van der Waals surface area contributed by atoms with Crippen LogP contribution < -0.4 is 0 Å². The highest BCUT2D eigenvalue weighted by Gasteiger charge is 2.23. The molecule has 0 atom stereocenters. The Hall–Kier alpha value is -6.30. The number of hydrogen-bond acceptors (Lipinski definition) is 12. The fourth-order valence-corrected chi connectivity index (χ4v) is 5.41. The molecule has 0 aliphatic rings. The molecule has 6 aromatic rings. The van der Waals surface area contributed by atoms with Crippen molar-refractivity contribution in [2.24, 2.45) is 31.1 Å². The van der Waals surface area contributed by atoms with Crippen LogP contribution in [0.25, 0.3) is 54.6 Å². The van der Waals surface area contributed by atoms with Gasteiger partial charge in [0.05, 0.1) is 0 Å². The predicted molar refractivity (Wildman–Crippen MR) is 163 cm³/mol. The van der Waals surface area contributed by atoms with Crippen LogP contribution in [0.3, 0.4) is 0 Å². The third-order valence-electron chi connectivity index (χ3n) is 7.23. The SMILES string of the molecule is O=Nc1cc(-c2ccc3c(N=O)c4ccccc4c(N=O)c3c2)c(N=O)c(-c2cc(N=O)c3ccccc3c2N=O)c1. The van der Waals surface area contributed by atoms with E-state index in [1.165, 1.54) is 24.3 Å². The van der Waals surface area contributed by atoms with Gasteiger partial charge in [-0.3, -0.25) is 0 Å². The number of nitrogens with zero attached hydrogens (tertiary/aromatic N) is 6. The molecule has 0 aromatic heterocycles. The maximum absolute atomic E-state index is 12.4. The molecule has 0 saturated carbocycles. The fourth-order valence-electron chi connectivity index (χ4n) is 5.41. The lowest BCUT2D eigenvalue weighted by Gasteiger charge is -2.15. The first kappa shape index (κ1) is 26.0. The van der Waals surface area contributed by atoms with E-state index in [4.69, 9.17) is 0 Å². The number of rotatable bonds is 8. The maximum Gasteiger partial charge on any atom is 0.123 e. The fraction of sp³-hybridized carbons (Fsp3) is 0. The summed E-state index contributed by atoms with van der Waals surface area (Å²) in [6.07, 6.45) is 0. The molecule has 0 spiro atoms. The first-order valence-electron chi connectivity index (χ1n) is 12.3. The van der Waals surface area contributed by atoms with Crippen molar-refractivity contribution in [3.8, 4) is 22.3 Å². The Bertz CT molecular complexity index is 2180. The van der Waals surface area contributed by atoms with Gasteiger partial charge in [0.15, 0.2) is 0 Å². The smallest absolute Gasteiger partial charge is 0.123 e. The van der Waals surface area contributed by atoms with Crippen LogP contribution in [0.5, 0.6) is 0 Å². The molecule has 0 heterocycles. The number of hydrogen-bond donors (Lipinski definition) is 0. The summed E-state index contributed by atoms with van der Waals surface area (Å²) in [7, 11) is 0. The molecule has 12 nitrogen and oxygen atoms in total. The van der Waals surface area contributed by atoms with Crippen molar-refractivity contribution in [1.29, 1.82) is 0 Å². The molecule has 200 valence electrons. The van der Waals surface area contributed by atoms with Gasteiger partial charge in [-0.1, -0.05) is 60.7 Å². The minimum atomic E-state index is -0.200. The molecule has 0 aliphatic carbocycles. The van der Waals surface area contributed by atoms with Gasteiger partial charge in [-0.25, -0.2) is 0 Å². The van der Waals surface area contributed by atoms with Crippen LogP contribution >= 0.6 is 0 Å². The van der Waals surface area contributed by atoms with Crippen LogP contribution in [0.1, 0.15) is 0 Å². The minimum Gasteiger partial charge on any atom is -0.145 e. The Morgan fingerprint density at radius 2 is 0.857 bits per heavy atom. The molecule has 6 aromatic carbocycles. The van der Waals surface area contributed by atoms with Crippen LogP contribution in [0.2, 0.25) is 0 Å². The summed E-state index contributed by atoms with van der Waals surface area (Å²) in [5.74, 6) is 0. The molecule has 0 unspecified atom stereocenters. The normalized spacial score (nSPS) is 11.0. The van der Waals surface area contributed by atoms with E-state index in [9.17, 15) is 29.4 Å². The van der Waals surface area contributed by atoms with Crippen molar-refractivity contribution >= 4 is 66.4 Å². The van der Waals surface area contributed by atoms with Crippen LogP contribution in [0.4, 0.5) is 34.1 Å². The monoisotopic (exact) mass is 554 g/mol. The molecule has 0 radical (unpaired) electrons. The second-order valence-corrected chi connectivity index (χ2v) is 9.28. The van der Waals surface area contributed by atoms with Crippen molar-refractivity contribution in [3.05, 3.63) is 114 Å². The highest BCUT2D eigenvalue weighted by atomic mass is 16.3. The summed E-state index contributed by atoms with van der Waals surface area (Å²) >= 11 is 0. The molecule has 6 rings (SSSR count). The Labute approximate surface area is 234 Å². The van der Waals surface area contributed by atoms with E-state index in [-0.39, 0.29) is 56.2 Å². The number of fused-ring (bicyclic) bond motifs is 3. The first-order chi connectivity index (χ1) is 20.6. The molecule has 0 amide bonds. The lowest BCUT2D eigenvalue weighted by atomic mass is 9.90. The average molecular weight is 554 g/mol. The van der Waals surface area contributed by atoms with Gasteiger partial charge < -0.3 is 0 Å². The molecular formula is C30H14N6O6. The van der Waals surface area contributed by atoms with E-state index in [0.29, 0.717) is 32.5 Å². The topological polar surface area (TPSA) is 177 Å². The van der Waals surface area contributed by atoms with Crippen molar-refractivity contribution in [2.45, 2.75) is 0 Å². The zero-order valence-corrected chi connectivity index (χ0v) is 21.2. The van der Waals surface area contributed by atoms with E-state index < -0.39 is 0 Å². The molecule has 12 heteroatoms. The van der Waals surface area contributed by atoms with Crippen LogP contribution in [-0.4, -0.2) is 0 Å². The van der Waals surface area contributed by atoms with Gasteiger partial charge in [-0.15, -0.1) is 29.4 Å². The van der Waals surface area contributed by atoms with Gasteiger partial charge in [0, 0.05) is 49.0 Å². The highest BCUT2D eigenvalue weighted by molar-refractivity contribution is 6.19. The summed E-state index contributed by atoms with van der Waals surface area (Å²) in [6.45, 7) is 0. The summed E-state index contributed by atoms with van der Waals surface area (Å²) in [4.78, 5) is 71.9. The second-order valence-electron chi connectivity index (χ2n) is 9.28. The van der Waals surface area contributed by atoms with E-state index >= 15 is 0 Å². The van der Waals surface area contributed by atoms with Gasteiger partial charge in [0.2, 0.25) is 0 Å². The van der Waals surface area contributed by atoms with Crippen molar-refractivity contribution < 1.29 is 0 Å². The minimum absolute atomic E-state index is 0.00458. The molecule has 0 saturated heterocycles. The van der Waals surface area contributed by atoms with Gasteiger partial charge in [-0.05, 0) is 60.9 Å². The van der Waals surface area contributed by atoms with Crippen LogP contribution in [0.15, 0.2) is 116 Å². The highest BCUT2D eigenvalue weighted by Crippen LogP contribution is 2.50. The van der Waals surface area contributed by atoms with E-state index in [1.54, 1.807) is 60.7 Å². The van der Waals surface area contributed by atoms with E-state index in [1.807, 2.05) is 0 Å². The Morgan fingerprint density at radius 1 is 0.357 bits per heavy atom. The quantitative estimate of drug-likeness (QED) is 0.133. The zero-order chi connectivity index (χ0) is 29.4. The Morgan fingerprint density at radius 3 is 1.43 bits per heavy atom. The number of benzene rings is 6. The largest absolute Gasteiger partial charge is 0.145 e. The molecule has 0 fully saturated rings. The van der Waals surface area contributed by atoms with Crippen LogP contribution in [0, 0.1) is 29.4 Å². The van der Waals surface area contributed by atoms with Gasteiger partial charge in [-0.2, -0.15) is 0 Å². The van der Waals surface area contributed by atoms with Gasteiger partial charge in [0.1, 0.15) is 34.1 Å². The van der Waals surface area contributed by atoms with Gasteiger partial charge >= 0.3 is 0 Å². The predicted octanol–water partition coefficient (Wildman–Crippen LogP) is 10.9. The second kappa shape index (κ2) is 10.4. The average Bonchev–Trinajstić information content (AvgIpc) is 3.05. The van der Waals surface area contributed by atoms with E-state index in [2.05, 4.69) is 31.1 Å². The van der Waals surface area contributed by atoms with Crippen molar-refractivity contribution in [1.82, 2.24) is 0 Å². The lowest BCUT2D eigenvalue weighted by Crippen LogP contribution is -1.88. The third kappa shape index (κ3) is 3.85. The zero-order valence-electron chi connectivity index (χ0n) is 21.2. The van der Waals surface area contributed by atoms with Crippen molar-refractivity contribution in [3.63, 3.8) is 0 Å². The summed E-state index contributed by atoms with van der Waals surface area (Å²) in [6, 6.07) is 21.6. The lowest BCUT2D eigenvalue weighted by molar-refractivity contribution is 1.42.